The number of nitrogens with zero attached hydrogens (tertiary/aromatic N) is 3. The van der Waals surface area contributed by atoms with Crippen molar-refractivity contribution in [2.45, 2.75) is 33.3 Å². The fourth-order valence-corrected chi connectivity index (χ4v) is 5.27. The number of H-pyrrole nitrogens is 1. The summed E-state index contributed by atoms with van der Waals surface area (Å²) in [6, 6.07) is 8.35. The molecule has 3 rings (SSSR count). The van der Waals surface area contributed by atoms with E-state index in [0.717, 1.165) is 24.4 Å². The van der Waals surface area contributed by atoms with Gasteiger partial charge in [-0.05, 0) is 38.8 Å². The average molecular weight is 578 g/mol. The molecule has 0 aliphatic carbocycles. The third-order valence-electron chi connectivity index (χ3n) is 5.62. The number of ether oxygens (including phenoxy) is 1. The van der Waals surface area contributed by atoms with E-state index in [1.54, 1.807) is 11.4 Å². The summed E-state index contributed by atoms with van der Waals surface area (Å²) >= 11 is 0. The predicted octanol–water partition coefficient (Wildman–Crippen LogP) is 2.58. The molecule has 0 spiro atoms. The lowest BCUT2D eigenvalue weighted by Crippen LogP contribution is -2.54. The van der Waals surface area contributed by atoms with Crippen LogP contribution in [0.1, 0.15) is 25.1 Å². The summed E-state index contributed by atoms with van der Waals surface area (Å²) in [6.45, 7) is 9.09. The highest BCUT2D eigenvalue weighted by atomic mass is 127. The maximum absolute atomic E-state index is 12.5. The molecule has 1 aromatic carbocycles. The second-order valence-electron chi connectivity index (χ2n) is 8.12. The Kier molecular flexibility index (Phi) is 10.2. The van der Waals surface area contributed by atoms with Crippen LogP contribution >= 0.6 is 24.0 Å². The number of piperazine rings is 1. The van der Waals surface area contributed by atoms with Gasteiger partial charge in [0.05, 0.1) is 18.5 Å². The van der Waals surface area contributed by atoms with Gasteiger partial charge in [0, 0.05) is 56.4 Å². The van der Waals surface area contributed by atoms with Crippen molar-refractivity contribution in [3.8, 4) is 0 Å². The first-order valence-electron chi connectivity index (χ1n) is 10.9. The first kappa shape index (κ1) is 26.9. The van der Waals surface area contributed by atoms with E-state index < -0.39 is 10.0 Å². The molecule has 2 heterocycles. The topological polar surface area (TPSA) is 90.0 Å². The van der Waals surface area contributed by atoms with Crippen molar-refractivity contribution in [1.29, 1.82) is 0 Å². The number of hydrogen-bond donors (Lipinski definition) is 2. The lowest BCUT2D eigenvalue weighted by Gasteiger charge is -2.35. The predicted molar refractivity (Wildman–Crippen MR) is 142 cm³/mol. The van der Waals surface area contributed by atoms with Crippen LogP contribution in [-0.4, -0.2) is 86.8 Å². The van der Waals surface area contributed by atoms with Crippen LogP contribution < -0.4 is 5.32 Å². The number of aromatic nitrogens is 1. The van der Waals surface area contributed by atoms with Crippen LogP contribution in [0.2, 0.25) is 0 Å². The smallest absolute Gasteiger partial charge is 0.216 e. The second kappa shape index (κ2) is 12.2. The first-order valence-corrected chi connectivity index (χ1v) is 12.5. The van der Waals surface area contributed by atoms with Crippen LogP contribution in [-0.2, 0) is 21.2 Å². The maximum atomic E-state index is 12.5. The van der Waals surface area contributed by atoms with Crippen LogP contribution in [0.3, 0.4) is 0 Å². The molecule has 0 amide bonds. The minimum Gasteiger partial charge on any atom is -0.378 e. The highest BCUT2D eigenvalue weighted by molar-refractivity contribution is 14.0. The van der Waals surface area contributed by atoms with E-state index in [1.165, 1.54) is 16.6 Å². The Morgan fingerprint density at radius 2 is 1.91 bits per heavy atom. The Labute approximate surface area is 208 Å². The maximum Gasteiger partial charge on any atom is 0.216 e. The van der Waals surface area contributed by atoms with Gasteiger partial charge in [-0.15, -0.1) is 24.0 Å². The van der Waals surface area contributed by atoms with Crippen molar-refractivity contribution in [1.82, 2.24) is 19.5 Å². The van der Waals surface area contributed by atoms with Crippen molar-refractivity contribution >= 4 is 50.9 Å². The number of sulfonamides is 1. The summed E-state index contributed by atoms with van der Waals surface area (Å²) in [7, 11) is -1.52. The van der Waals surface area contributed by atoms with Gasteiger partial charge < -0.3 is 19.9 Å². The Morgan fingerprint density at radius 1 is 1.22 bits per heavy atom. The normalized spacial score (nSPS) is 15.9. The van der Waals surface area contributed by atoms with Crippen LogP contribution in [0.15, 0.2) is 29.3 Å². The van der Waals surface area contributed by atoms with Gasteiger partial charge >= 0.3 is 0 Å². The highest BCUT2D eigenvalue weighted by Gasteiger charge is 2.28. The molecule has 0 unspecified atom stereocenters. The zero-order valence-corrected chi connectivity index (χ0v) is 22.6. The zero-order chi connectivity index (χ0) is 22.4. The van der Waals surface area contributed by atoms with Gasteiger partial charge in [0.25, 0.3) is 0 Å². The molecule has 0 saturated carbocycles. The van der Waals surface area contributed by atoms with E-state index in [0.29, 0.717) is 26.2 Å². The number of fused-ring (bicyclic) bond motifs is 1. The van der Waals surface area contributed by atoms with Gasteiger partial charge in [-0.25, -0.2) is 8.42 Å². The molecule has 0 radical (unpaired) electrons. The molecule has 0 atom stereocenters. The monoisotopic (exact) mass is 577 g/mol. The number of halogens is 1. The van der Waals surface area contributed by atoms with Crippen LogP contribution in [0.4, 0.5) is 0 Å². The van der Waals surface area contributed by atoms with Gasteiger partial charge in [-0.3, -0.25) is 4.99 Å². The fourth-order valence-electron chi connectivity index (χ4n) is 3.98. The lowest BCUT2D eigenvalue weighted by molar-refractivity contribution is 0.0904. The molecule has 1 aromatic heterocycles. The molecule has 32 heavy (non-hydrogen) atoms. The molecule has 2 N–H and O–H groups in total. The van der Waals surface area contributed by atoms with Gasteiger partial charge in [0.15, 0.2) is 5.96 Å². The third-order valence-corrected chi connectivity index (χ3v) is 7.46. The Bertz CT molecular complexity index is 998. The number of rotatable bonds is 8. The van der Waals surface area contributed by atoms with E-state index in [1.807, 2.05) is 19.9 Å². The summed E-state index contributed by atoms with van der Waals surface area (Å²) in [5, 5.41) is 4.70. The lowest BCUT2D eigenvalue weighted by atomic mass is 10.1. The van der Waals surface area contributed by atoms with Crippen molar-refractivity contribution in [3.63, 3.8) is 0 Å². The standard InChI is InChI=1S/C22H35N5O3S.HI/c1-17(2)30-15-16-31(28,29)27-13-11-26(12-14-27)22(23-4)24-10-9-19-18(3)25-21-8-6-5-7-20(19)21;/h5-8,17,25H,9-16H2,1-4H3,(H,23,24);1H. The molecule has 1 saturated heterocycles. The average Bonchev–Trinajstić information content (AvgIpc) is 3.06. The van der Waals surface area contributed by atoms with E-state index >= 15 is 0 Å². The third kappa shape index (κ3) is 6.82. The van der Waals surface area contributed by atoms with Crippen molar-refractivity contribution < 1.29 is 13.2 Å². The number of aryl methyl sites for hydroxylation is 1. The Morgan fingerprint density at radius 3 is 2.56 bits per heavy atom. The van der Waals surface area contributed by atoms with E-state index in [4.69, 9.17) is 4.74 Å². The quantitative estimate of drug-likeness (QED) is 0.286. The molecular weight excluding hydrogens is 541 g/mol. The number of hydrogen-bond acceptors (Lipinski definition) is 4. The fraction of sp³-hybridized carbons (Fsp3) is 0.591. The Hall–Kier alpha value is -1.37. The van der Waals surface area contributed by atoms with Crippen LogP contribution in [0, 0.1) is 6.92 Å². The SMILES string of the molecule is CN=C(NCCc1c(C)[nH]c2ccccc12)N1CCN(S(=O)(=O)CCOC(C)C)CC1.I. The molecule has 2 aromatic rings. The summed E-state index contributed by atoms with van der Waals surface area (Å²) in [6.07, 6.45) is 0.925. The minimum atomic E-state index is -3.29. The van der Waals surface area contributed by atoms with Crippen molar-refractivity contribution in [3.05, 3.63) is 35.5 Å². The van der Waals surface area contributed by atoms with Crippen molar-refractivity contribution in [2.24, 2.45) is 4.99 Å². The largest absolute Gasteiger partial charge is 0.378 e. The van der Waals surface area contributed by atoms with E-state index in [2.05, 4.69) is 45.3 Å². The molecule has 1 aliphatic rings. The summed E-state index contributed by atoms with van der Waals surface area (Å²) in [5.41, 5.74) is 3.67. The molecular formula is C22H36IN5O3S. The molecule has 0 bridgehead atoms. The first-order chi connectivity index (χ1) is 14.8. The molecule has 8 nitrogen and oxygen atoms in total. The van der Waals surface area contributed by atoms with Crippen LogP contribution in [0.5, 0.6) is 0 Å². The molecule has 1 fully saturated rings. The summed E-state index contributed by atoms with van der Waals surface area (Å²) < 4.78 is 32.0. The van der Waals surface area contributed by atoms with E-state index in [9.17, 15) is 8.42 Å². The second-order valence-corrected chi connectivity index (χ2v) is 10.2. The number of aliphatic imine (C=N–C) groups is 1. The van der Waals surface area contributed by atoms with Gasteiger partial charge in [0.2, 0.25) is 10.0 Å². The summed E-state index contributed by atoms with van der Waals surface area (Å²) in [4.78, 5) is 9.97. The van der Waals surface area contributed by atoms with Gasteiger partial charge in [-0.2, -0.15) is 4.31 Å². The number of guanidine groups is 1. The van der Waals surface area contributed by atoms with Gasteiger partial charge in [0.1, 0.15) is 0 Å². The Balaban J connectivity index is 0.00000363. The van der Waals surface area contributed by atoms with Crippen molar-refractivity contribution in [2.75, 3.05) is 52.1 Å². The molecule has 180 valence electrons. The minimum absolute atomic E-state index is 0. The molecule has 10 heteroatoms. The van der Waals surface area contributed by atoms with Gasteiger partial charge in [-0.1, -0.05) is 18.2 Å². The zero-order valence-electron chi connectivity index (χ0n) is 19.4. The number of nitrogens with one attached hydrogen (secondary N) is 2. The highest BCUT2D eigenvalue weighted by Crippen LogP contribution is 2.22. The summed E-state index contributed by atoms with van der Waals surface area (Å²) in [5.74, 6) is 0.847. The number of para-hydroxylation sites is 1. The number of aromatic amines is 1. The number of benzene rings is 1. The van der Waals surface area contributed by atoms with E-state index in [-0.39, 0.29) is 42.4 Å². The molecule has 1 aliphatic heterocycles. The van der Waals surface area contributed by atoms with Crippen LogP contribution in [0.25, 0.3) is 10.9 Å².